The second kappa shape index (κ2) is 7.53. The van der Waals surface area contributed by atoms with Crippen molar-refractivity contribution in [2.75, 3.05) is 31.1 Å². The van der Waals surface area contributed by atoms with Gasteiger partial charge in [0.2, 0.25) is 0 Å². The molecule has 3 heterocycles. The number of nitrogens with zero attached hydrogens (tertiary/aromatic N) is 5. The smallest absolute Gasteiger partial charge is 0.354 e. The first kappa shape index (κ1) is 20.3. The summed E-state index contributed by atoms with van der Waals surface area (Å²) in [6.07, 6.45) is -6.18. The Morgan fingerprint density at radius 1 is 1.04 bits per heavy atom. The number of pyridine rings is 1. The van der Waals surface area contributed by atoms with E-state index < -0.39 is 30.6 Å². The Balaban J connectivity index is 1.90. The van der Waals surface area contributed by atoms with Gasteiger partial charge in [-0.25, -0.2) is 9.97 Å². The monoisotopic (exact) mass is 405 g/mol. The van der Waals surface area contributed by atoms with Gasteiger partial charge < -0.3 is 4.90 Å². The minimum absolute atomic E-state index is 0.0349. The van der Waals surface area contributed by atoms with Crippen molar-refractivity contribution in [1.29, 1.82) is 0 Å². The van der Waals surface area contributed by atoms with Crippen LogP contribution in [-0.2, 0) is 6.18 Å². The summed E-state index contributed by atoms with van der Waals surface area (Å²) in [5.41, 5.74) is -0.735. The molecule has 28 heavy (non-hydrogen) atoms. The van der Waals surface area contributed by atoms with Crippen LogP contribution >= 0.6 is 0 Å². The van der Waals surface area contributed by atoms with Crippen LogP contribution in [0.15, 0.2) is 30.6 Å². The summed E-state index contributed by atoms with van der Waals surface area (Å²) in [5.74, 6) is -0.0785. The normalized spacial score (nSPS) is 19.1. The van der Waals surface area contributed by atoms with Gasteiger partial charge in [0.1, 0.15) is 5.82 Å². The van der Waals surface area contributed by atoms with Gasteiger partial charge in [0.15, 0.2) is 11.5 Å². The van der Waals surface area contributed by atoms with Crippen LogP contribution < -0.4 is 4.90 Å². The number of anilines is 1. The lowest BCUT2D eigenvalue weighted by molar-refractivity contribution is -0.151. The SMILES string of the molecule is CC1CN(c2cc(C(F)(F)F)nc(-c3ccncc3)n2)CCN1CC(F)(F)F. The standard InChI is InChI=1S/C17H17F6N5/c1-11-9-27(6-7-28(11)10-16(18,19)20)14-8-13(17(21,22)23)25-15(26-14)12-2-4-24-5-3-12/h2-5,8,11H,6-7,9-10H2,1H3. The van der Waals surface area contributed by atoms with Crippen molar-refractivity contribution < 1.29 is 26.3 Å². The molecule has 0 amide bonds. The molecule has 152 valence electrons. The first-order valence-corrected chi connectivity index (χ1v) is 8.45. The lowest BCUT2D eigenvalue weighted by atomic mass is 10.1. The van der Waals surface area contributed by atoms with E-state index in [1.807, 2.05) is 0 Å². The fourth-order valence-electron chi connectivity index (χ4n) is 3.04. The van der Waals surface area contributed by atoms with Gasteiger partial charge >= 0.3 is 12.4 Å². The molecule has 0 saturated carbocycles. The average molecular weight is 405 g/mol. The maximum Gasteiger partial charge on any atom is 0.433 e. The van der Waals surface area contributed by atoms with Gasteiger partial charge in [0.05, 0.1) is 6.54 Å². The van der Waals surface area contributed by atoms with E-state index in [0.717, 1.165) is 6.07 Å². The zero-order valence-corrected chi connectivity index (χ0v) is 14.8. The van der Waals surface area contributed by atoms with Crippen molar-refractivity contribution in [3.05, 3.63) is 36.3 Å². The second-order valence-corrected chi connectivity index (χ2v) is 6.55. The Kier molecular flexibility index (Phi) is 5.46. The van der Waals surface area contributed by atoms with Crippen molar-refractivity contribution in [3.8, 4) is 11.4 Å². The molecule has 1 saturated heterocycles. The summed E-state index contributed by atoms with van der Waals surface area (Å²) >= 11 is 0. The molecule has 0 bridgehead atoms. The molecule has 5 nitrogen and oxygen atoms in total. The van der Waals surface area contributed by atoms with Crippen LogP contribution in [0.3, 0.4) is 0 Å². The summed E-state index contributed by atoms with van der Waals surface area (Å²) in [5, 5.41) is 0. The number of halogens is 6. The third-order valence-electron chi connectivity index (χ3n) is 4.41. The molecule has 1 unspecified atom stereocenters. The predicted molar refractivity (Wildman–Crippen MR) is 89.6 cm³/mol. The van der Waals surface area contributed by atoms with E-state index in [9.17, 15) is 26.3 Å². The van der Waals surface area contributed by atoms with Gasteiger partial charge in [-0.15, -0.1) is 0 Å². The molecule has 0 aliphatic carbocycles. The van der Waals surface area contributed by atoms with Crippen LogP contribution in [0.25, 0.3) is 11.4 Å². The van der Waals surface area contributed by atoms with Gasteiger partial charge in [-0.1, -0.05) is 0 Å². The van der Waals surface area contributed by atoms with E-state index in [0.29, 0.717) is 5.56 Å². The fourth-order valence-corrected chi connectivity index (χ4v) is 3.04. The van der Waals surface area contributed by atoms with Gasteiger partial charge in [0, 0.05) is 49.7 Å². The largest absolute Gasteiger partial charge is 0.433 e. The van der Waals surface area contributed by atoms with Crippen molar-refractivity contribution in [3.63, 3.8) is 0 Å². The van der Waals surface area contributed by atoms with Gasteiger partial charge in [-0.05, 0) is 19.1 Å². The summed E-state index contributed by atoms with van der Waals surface area (Å²) < 4.78 is 77.9. The van der Waals surface area contributed by atoms with Crippen molar-refractivity contribution >= 4 is 5.82 Å². The number of rotatable bonds is 3. The summed E-state index contributed by atoms with van der Waals surface area (Å²) in [6, 6.07) is 3.31. The summed E-state index contributed by atoms with van der Waals surface area (Å²) in [6.45, 7) is 0.872. The molecule has 3 rings (SSSR count). The molecule has 2 aromatic rings. The Bertz CT molecular complexity index is 808. The highest BCUT2D eigenvalue weighted by molar-refractivity contribution is 5.57. The predicted octanol–water partition coefficient (Wildman–Crippen LogP) is 3.63. The molecule has 1 fully saturated rings. The van der Waals surface area contributed by atoms with Crippen LogP contribution in [0.1, 0.15) is 12.6 Å². The van der Waals surface area contributed by atoms with Gasteiger partial charge in [0.25, 0.3) is 0 Å². The number of piperazine rings is 1. The maximum absolute atomic E-state index is 13.3. The molecule has 0 spiro atoms. The zero-order valence-electron chi connectivity index (χ0n) is 14.8. The maximum atomic E-state index is 13.3. The van der Waals surface area contributed by atoms with Gasteiger partial charge in [-0.2, -0.15) is 26.3 Å². The second-order valence-electron chi connectivity index (χ2n) is 6.55. The van der Waals surface area contributed by atoms with Crippen LogP contribution in [0.4, 0.5) is 32.2 Å². The quantitative estimate of drug-likeness (QED) is 0.730. The first-order valence-electron chi connectivity index (χ1n) is 8.45. The van der Waals surface area contributed by atoms with E-state index in [1.165, 1.54) is 29.4 Å². The zero-order chi connectivity index (χ0) is 20.5. The lowest BCUT2D eigenvalue weighted by Crippen LogP contribution is -2.54. The van der Waals surface area contributed by atoms with E-state index in [-0.39, 0.29) is 31.3 Å². The molecule has 1 aliphatic rings. The van der Waals surface area contributed by atoms with Crippen LogP contribution in [-0.4, -0.2) is 58.2 Å². The number of aromatic nitrogens is 3. The van der Waals surface area contributed by atoms with Crippen LogP contribution in [0.5, 0.6) is 0 Å². The topological polar surface area (TPSA) is 45.2 Å². The van der Waals surface area contributed by atoms with Crippen molar-refractivity contribution in [2.45, 2.75) is 25.3 Å². The van der Waals surface area contributed by atoms with Crippen LogP contribution in [0.2, 0.25) is 0 Å². The molecular formula is C17H17F6N5. The van der Waals surface area contributed by atoms with Crippen molar-refractivity contribution in [2.24, 2.45) is 0 Å². The Morgan fingerprint density at radius 3 is 2.29 bits per heavy atom. The minimum Gasteiger partial charge on any atom is -0.354 e. The number of hydrogen-bond donors (Lipinski definition) is 0. The number of alkyl halides is 6. The molecule has 2 aromatic heterocycles. The molecule has 11 heteroatoms. The van der Waals surface area contributed by atoms with Crippen molar-refractivity contribution in [1.82, 2.24) is 19.9 Å². The molecular weight excluding hydrogens is 388 g/mol. The minimum atomic E-state index is -4.68. The number of hydrogen-bond acceptors (Lipinski definition) is 5. The molecule has 0 aromatic carbocycles. The van der Waals surface area contributed by atoms with E-state index in [1.54, 1.807) is 11.8 Å². The molecule has 0 radical (unpaired) electrons. The third kappa shape index (κ3) is 4.89. The van der Waals surface area contributed by atoms with E-state index >= 15 is 0 Å². The third-order valence-corrected chi connectivity index (χ3v) is 4.41. The highest BCUT2D eigenvalue weighted by atomic mass is 19.4. The highest BCUT2D eigenvalue weighted by Crippen LogP contribution is 2.32. The molecule has 0 N–H and O–H groups in total. The fraction of sp³-hybridized carbons (Fsp3) is 0.471. The average Bonchev–Trinajstić information content (AvgIpc) is 2.62. The Labute approximate surface area is 157 Å². The van der Waals surface area contributed by atoms with E-state index in [4.69, 9.17) is 0 Å². The lowest BCUT2D eigenvalue weighted by Gasteiger charge is -2.40. The summed E-state index contributed by atoms with van der Waals surface area (Å²) in [7, 11) is 0. The van der Waals surface area contributed by atoms with Crippen LogP contribution in [0, 0.1) is 0 Å². The first-order chi connectivity index (χ1) is 13.0. The van der Waals surface area contributed by atoms with Gasteiger partial charge in [-0.3, -0.25) is 9.88 Å². The Hall–Kier alpha value is -2.43. The summed E-state index contributed by atoms with van der Waals surface area (Å²) in [4.78, 5) is 14.5. The van der Waals surface area contributed by atoms with E-state index in [2.05, 4.69) is 15.0 Å². The Morgan fingerprint density at radius 2 is 1.71 bits per heavy atom. The molecule has 1 aliphatic heterocycles. The highest BCUT2D eigenvalue weighted by Gasteiger charge is 2.37. The molecule has 1 atom stereocenters.